The summed E-state index contributed by atoms with van der Waals surface area (Å²) in [5, 5.41) is 2.49. The van der Waals surface area contributed by atoms with Crippen LogP contribution in [0.2, 0.25) is 0 Å². The number of carbonyl (C=O) groups excluding carboxylic acids is 1. The molecule has 1 aromatic rings. The summed E-state index contributed by atoms with van der Waals surface area (Å²) in [6.45, 7) is 0. The average molecular weight is 267 g/mol. The van der Waals surface area contributed by atoms with Crippen molar-refractivity contribution < 1.29 is 63.0 Å². The van der Waals surface area contributed by atoms with Gasteiger partial charge in [0.2, 0.25) is 5.91 Å². The zero-order valence-corrected chi connectivity index (χ0v) is 13.4. The molecule has 0 bridgehead atoms. The molecule has 0 saturated heterocycles. The van der Waals surface area contributed by atoms with Gasteiger partial charge in [0.15, 0.2) is 0 Å². The molecular formula is C8H9N2ORbS. The minimum absolute atomic E-state index is 0. The second-order valence-corrected chi connectivity index (χ2v) is 2.77. The molecule has 1 amide bonds. The zero-order chi connectivity index (χ0) is 9.14. The Hall–Kier alpha value is 0.515. The zero-order valence-electron chi connectivity index (χ0n) is 7.63. The van der Waals surface area contributed by atoms with Gasteiger partial charge in [-0.15, -0.1) is 0 Å². The normalized spacial score (nSPS) is 8.69. The maximum Gasteiger partial charge on any atom is 1.00 e. The van der Waals surface area contributed by atoms with Crippen LogP contribution in [0.3, 0.4) is 0 Å². The molecule has 0 aromatic heterocycles. The summed E-state index contributed by atoms with van der Waals surface area (Å²) in [6, 6.07) is 4.89. The van der Waals surface area contributed by atoms with Crippen molar-refractivity contribution in [3.8, 4) is 0 Å². The molecule has 0 aliphatic heterocycles. The van der Waals surface area contributed by atoms with Crippen molar-refractivity contribution in [3.05, 3.63) is 23.8 Å². The van der Waals surface area contributed by atoms with Gasteiger partial charge in [0, 0.05) is 18.3 Å². The number of rotatable bonds is 1. The minimum Gasteiger partial charge on any atom is -0.779 e. The molecule has 0 heterocycles. The SMILES string of the molecule is CNC(=O)c1cc(N)ccc1[S-].[Rb+]. The summed E-state index contributed by atoms with van der Waals surface area (Å²) in [7, 11) is 1.56. The van der Waals surface area contributed by atoms with Crippen molar-refractivity contribution in [1.29, 1.82) is 0 Å². The number of hydrogen-bond donors (Lipinski definition) is 2. The summed E-state index contributed by atoms with van der Waals surface area (Å²) < 4.78 is 0. The Morgan fingerprint density at radius 2 is 2.15 bits per heavy atom. The number of amides is 1. The van der Waals surface area contributed by atoms with Crippen LogP contribution in [0, 0.1) is 0 Å². The van der Waals surface area contributed by atoms with Gasteiger partial charge in [-0.3, -0.25) is 4.79 Å². The fraction of sp³-hybridized carbons (Fsp3) is 0.125. The molecule has 3 nitrogen and oxygen atoms in total. The first kappa shape index (κ1) is 13.5. The molecule has 64 valence electrons. The predicted octanol–water partition coefficient (Wildman–Crippen LogP) is -2.46. The van der Waals surface area contributed by atoms with Crippen molar-refractivity contribution in [2.75, 3.05) is 12.8 Å². The van der Waals surface area contributed by atoms with E-state index < -0.39 is 0 Å². The Morgan fingerprint density at radius 3 is 2.69 bits per heavy atom. The van der Waals surface area contributed by atoms with Crippen LogP contribution in [-0.4, -0.2) is 13.0 Å². The fourth-order valence-corrected chi connectivity index (χ4v) is 1.08. The predicted molar refractivity (Wildman–Crippen MR) is 49.9 cm³/mol. The average Bonchev–Trinajstić information content (AvgIpc) is 2.08. The van der Waals surface area contributed by atoms with Gasteiger partial charge >= 0.3 is 58.2 Å². The fourth-order valence-electron chi connectivity index (χ4n) is 0.860. The summed E-state index contributed by atoms with van der Waals surface area (Å²) >= 11 is 4.94. The molecule has 0 aliphatic rings. The van der Waals surface area contributed by atoms with Gasteiger partial charge in [-0.05, 0) is 12.1 Å². The summed E-state index contributed by atoms with van der Waals surface area (Å²) in [6.07, 6.45) is 0. The summed E-state index contributed by atoms with van der Waals surface area (Å²) in [5.74, 6) is -0.202. The van der Waals surface area contributed by atoms with E-state index >= 15 is 0 Å². The molecule has 0 atom stereocenters. The Kier molecular flexibility index (Phi) is 6.33. The number of carbonyl (C=O) groups is 1. The number of nitrogen functional groups attached to an aromatic ring is 1. The third-order valence-electron chi connectivity index (χ3n) is 1.48. The smallest absolute Gasteiger partial charge is 0.779 e. The standard InChI is InChI=1S/C8H10N2OS.Rb/c1-10-8(11)6-4-5(9)2-3-7(6)12;/h2-4,12H,9H2,1H3,(H,10,11);/q;+1/p-1. The van der Waals surface area contributed by atoms with Crippen LogP contribution in [0.5, 0.6) is 0 Å². The van der Waals surface area contributed by atoms with Crippen molar-refractivity contribution in [3.63, 3.8) is 0 Å². The summed E-state index contributed by atoms with van der Waals surface area (Å²) in [4.78, 5) is 11.7. The van der Waals surface area contributed by atoms with Crippen LogP contribution in [0.1, 0.15) is 10.4 Å². The van der Waals surface area contributed by atoms with Gasteiger partial charge in [-0.1, -0.05) is 6.07 Å². The molecular weight excluding hydrogens is 258 g/mol. The molecule has 0 fully saturated rings. The van der Waals surface area contributed by atoms with E-state index in [-0.39, 0.29) is 64.1 Å². The Bertz CT molecular complexity index is 317. The Labute approximate surface area is 132 Å². The number of benzene rings is 1. The first-order valence-electron chi connectivity index (χ1n) is 3.43. The van der Waals surface area contributed by atoms with E-state index in [0.717, 1.165) is 0 Å². The van der Waals surface area contributed by atoms with Gasteiger partial charge < -0.3 is 23.7 Å². The second kappa shape index (κ2) is 6.08. The van der Waals surface area contributed by atoms with Gasteiger partial charge in [0.25, 0.3) is 0 Å². The molecule has 1 rings (SSSR count). The van der Waals surface area contributed by atoms with Gasteiger partial charge in [-0.25, -0.2) is 0 Å². The van der Waals surface area contributed by atoms with Crippen LogP contribution < -0.4 is 69.2 Å². The monoisotopic (exact) mass is 266 g/mol. The van der Waals surface area contributed by atoms with Crippen LogP contribution in [0.4, 0.5) is 5.69 Å². The minimum atomic E-state index is -0.202. The molecule has 0 radical (unpaired) electrons. The Balaban J connectivity index is 0.00000144. The van der Waals surface area contributed by atoms with E-state index in [1.165, 1.54) is 0 Å². The second-order valence-electron chi connectivity index (χ2n) is 2.33. The molecule has 0 aliphatic carbocycles. The maximum atomic E-state index is 11.2. The van der Waals surface area contributed by atoms with Crippen molar-refractivity contribution in [2.45, 2.75) is 4.90 Å². The molecule has 1 aromatic carbocycles. The van der Waals surface area contributed by atoms with Gasteiger partial charge in [0.05, 0.1) is 0 Å². The molecule has 3 N–H and O–H groups in total. The van der Waals surface area contributed by atoms with E-state index in [1.807, 2.05) is 0 Å². The maximum absolute atomic E-state index is 11.2. The van der Waals surface area contributed by atoms with Crippen molar-refractivity contribution in [1.82, 2.24) is 5.32 Å². The van der Waals surface area contributed by atoms with E-state index in [1.54, 1.807) is 25.2 Å². The molecule has 0 spiro atoms. The van der Waals surface area contributed by atoms with Crippen molar-refractivity contribution >= 4 is 24.2 Å². The quantitative estimate of drug-likeness (QED) is 0.438. The third kappa shape index (κ3) is 3.63. The summed E-state index contributed by atoms with van der Waals surface area (Å²) in [5.41, 5.74) is 6.49. The number of nitrogens with one attached hydrogen (secondary N) is 1. The first-order chi connectivity index (χ1) is 5.65. The number of nitrogens with two attached hydrogens (primary N) is 1. The molecule has 0 saturated carbocycles. The molecule has 13 heavy (non-hydrogen) atoms. The molecule has 5 heteroatoms. The van der Waals surface area contributed by atoms with Crippen LogP contribution in [0.25, 0.3) is 0 Å². The van der Waals surface area contributed by atoms with E-state index in [0.29, 0.717) is 16.1 Å². The third-order valence-corrected chi connectivity index (χ3v) is 1.83. The van der Waals surface area contributed by atoms with Crippen LogP contribution in [0.15, 0.2) is 23.1 Å². The number of anilines is 1. The van der Waals surface area contributed by atoms with E-state index in [9.17, 15) is 4.79 Å². The van der Waals surface area contributed by atoms with E-state index in [4.69, 9.17) is 18.4 Å². The first-order valence-corrected chi connectivity index (χ1v) is 3.84. The van der Waals surface area contributed by atoms with Crippen LogP contribution >= 0.6 is 0 Å². The van der Waals surface area contributed by atoms with E-state index in [2.05, 4.69) is 5.32 Å². The van der Waals surface area contributed by atoms with Crippen molar-refractivity contribution in [2.24, 2.45) is 0 Å². The largest absolute Gasteiger partial charge is 1.00 e. The number of hydrogen-bond acceptors (Lipinski definition) is 3. The topological polar surface area (TPSA) is 55.1 Å². The Morgan fingerprint density at radius 1 is 1.54 bits per heavy atom. The van der Waals surface area contributed by atoms with Gasteiger partial charge in [0.1, 0.15) is 0 Å². The van der Waals surface area contributed by atoms with Crippen LogP contribution in [-0.2, 0) is 12.6 Å². The molecule has 0 unspecified atom stereocenters. The van der Waals surface area contributed by atoms with Gasteiger partial charge in [-0.2, -0.15) is 4.90 Å².